The summed E-state index contributed by atoms with van der Waals surface area (Å²) in [6.07, 6.45) is 1.40. The minimum Gasteiger partial charge on any atom is -0.489 e. The molecule has 0 fully saturated rings. The van der Waals surface area contributed by atoms with Gasteiger partial charge in [-0.15, -0.1) is 0 Å². The van der Waals surface area contributed by atoms with Gasteiger partial charge in [-0.1, -0.05) is 35.9 Å². The van der Waals surface area contributed by atoms with Crippen molar-refractivity contribution in [2.75, 3.05) is 10.0 Å². The summed E-state index contributed by atoms with van der Waals surface area (Å²) in [5.41, 5.74) is 1.22. The Morgan fingerprint density at radius 2 is 1.67 bits per heavy atom. The van der Waals surface area contributed by atoms with Crippen LogP contribution in [0.3, 0.4) is 0 Å². The molecule has 3 aromatic carbocycles. The number of halogens is 1. The quantitative estimate of drug-likeness (QED) is 0.342. The molecule has 0 saturated carbocycles. The number of ether oxygens (including phenoxy) is 1. The zero-order chi connectivity index (χ0) is 23.3. The average Bonchev–Trinajstić information content (AvgIpc) is 3.29. The second-order valence-electron chi connectivity index (χ2n) is 6.97. The maximum Gasteiger partial charge on any atom is 0.291 e. The molecule has 4 rings (SSSR count). The molecule has 1 amide bonds. The smallest absolute Gasteiger partial charge is 0.291 e. The standard InChI is InChI=1S/C24H19ClN2O5S/c25-18-9-11-19(12-10-18)27-33(29,30)22-8-4-5-20(15-22)26-24(28)23-17(13-14-31-23)16-32-21-6-2-1-3-7-21/h1-15,27H,16H2,(H,26,28). The van der Waals surface area contributed by atoms with Gasteiger partial charge in [-0.05, 0) is 60.7 Å². The minimum absolute atomic E-state index is 0.0117. The number of furan rings is 1. The topological polar surface area (TPSA) is 97.6 Å². The highest BCUT2D eigenvalue weighted by Crippen LogP contribution is 2.22. The number of rotatable bonds is 8. The van der Waals surface area contributed by atoms with Gasteiger partial charge in [0.1, 0.15) is 12.4 Å². The Morgan fingerprint density at radius 1 is 0.909 bits per heavy atom. The Balaban J connectivity index is 1.46. The number of benzene rings is 3. The lowest BCUT2D eigenvalue weighted by Crippen LogP contribution is -2.16. The molecule has 0 bridgehead atoms. The van der Waals surface area contributed by atoms with Crippen molar-refractivity contribution in [3.8, 4) is 5.75 Å². The van der Waals surface area contributed by atoms with Gasteiger partial charge in [-0.3, -0.25) is 9.52 Å². The Morgan fingerprint density at radius 3 is 2.42 bits per heavy atom. The molecule has 0 aliphatic rings. The van der Waals surface area contributed by atoms with E-state index in [0.29, 0.717) is 27.7 Å². The zero-order valence-corrected chi connectivity index (χ0v) is 18.8. The lowest BCUT2D eigenvalue weighted by molar-refractivity contribution is 0.0993. The predicted molar refractivity (Wildman–Crippen MR) is 126 cm³/mol. The van der Waals surface area contributed by atoms with E-state index in [1.807, 2.05) is 30.3 Å². The molecule has 7 nitrogen and oxygen atoms in total. The van der Waals surface area contributed by atoms with Crippen LogP contribution >= 0.6 is 11.6 Å². The lowest BCUT2D eigenvalue weighted by atomic mass is 10.2. The Labute approximate surface area is 196 Å². The first kappa shape index (κ1) is 22.4. The second-order valence-corrected chi connectivity index (χ2v) is 9.09. The number of nitrogens with one attached hydrogen (secondary N) is 2. The molecular weight excluding hydrogens is 464 g/mol. The van der Waals surface area contributed by atoms with E-state index in [1.165, 1.54) is 24.5 Å². The van der Waals surface area contributed by atoms with Gasteiger partial charge in [-0.25, -0.2) is 8.42 Å². The number of para-hydroxylation sites is 1. The number of carbonyl (C=O) groups excluding carboxylic acids is 1. The van der Waals surface area contributed by atoms with E-state index >= 15 is 0 Å². The molecule has 1 heterocycles. The Hall–Kier alpha value is -3.75. The summed E-state index contributed by atoms with van der Waals surface area (Å²) in [6.45, 7) is 0.142. The third-order valence-electron chi connectivity index (χ3n) is 4.59. The minimum atomic E-state index is -3.87. The lowest BCUT2D eigenvalue weighted by Gasteiger charge is -2.10. The van der Waals surface area contributed by atoms with Crippen molar-refractivity contribution in [3.05, 3.63) is 108 Å². The average molecular weight is 483 g/mol. The van der Waals surface area contributed by atoms with Crippen molar-refractivity contribution < 1.29 is 22.4 Å². The number of hydrogen-bond acceptors (Lipinski definition) is 5. The van der Waals surface area contributed by atoms with Gasteiger partial charge in [0.2, 0.25) is 0 Å². The number of sulfonamides is 1. The summed E-state index contributed by atoms with van der Waals surface area (Å²) in [4.78, 5) is 12.7. The zero-order valence-electron chi connectivity index (χ0n) is 17.2. The summed E-state index contributed by atoms with van der Waals surface area (Å²) in [5, 5.41) is 3.16. The van der Waals surface area contributed by atoms with Crippen molar-refractivity contribution in [3.63, 3.8) is 0 Å². The van der Waals surface area contributed by atoms with E-state index in [-0.39, 0.29) is 17.3 Å². The molecule has 4 aromatic rings. The van der Waals surface area contributed by atoms with Crippen LogP contribution < -0.4 is 14.8 Å². The molecule has 168 valence electrons. The van der Waals surface area contributed by atoms with Crippen molar-refractivity contribution in [1.29, 1.82) is 0 Å². The van der Waals surface area contributed by atoms with Crippen molar-refractivity contribution in [2.45, 2.75) is 11.5 Å². The monoisotopic (exact) mass is 482 g/mol. The van der Waals surface area contributed by atoms with Crippen LogP contribution in [0.5, 0.6) is 5.75 Å². The first-order chi connectivity index (χ1) is 15.9. The fraction of sp³-hybridized carbons (Fsp3) is 0.0417. The maximum atomic E-state index is 12.8. The summed E-state index contributed by atoms with van der Waals surface area (Å²) in [5.74, 6) is 0.224. The van der Waals surface area contributed by atoms with Crippen LogP contribution in [0, 0.1) is 0 Å². The van der Waals surface area contributed by atoms with Gasteiger partial charge in [-0.2, -0.15) is 0 Å². The second kappa shape index (κ2) is 9.81. The van der Waals surface area contributed by atoms with Crippen molar-refractivity contribution >= 4 is 38.9 Å². The largest absolute Gasteiger partial charge is 0.489 e. The molecule has 33 heavy (non-hydrogen) atoms. The molecule has 1 aromatic heterocycles. The highest BCUT2D eigenvalue weighted by molar-refractivity contribution is 7.92. The molecule has 0 spiro atoms. The van der Waals surface area contributed by atoms with Crippen LogP contribution in [0.15, 0.2) is 101 Å². The van der Waals surface area contributed by atoms with Gasteiger partial charge < -0.3 is 14.5 Å². The number of amides is 1. The SMILES string of the molecule is O=C(Nc1cccc(S(=O)(=O)Nc2ccc(Cl)cc2)c1)c1occc1COc1ccccc1. The van der Waals surface area contributed by atoms with Crippen molar-refractivity contribution in [2.24, 2.45) is 0 Å². The molecule has 9 heteroatoms. The molecule has 0 unspecified atom stereocenters. The Bertz CT molecular complexity index is 1350. The van der Waals surface area contributed by atoms with Gasteiger partial charge in [0.25, 0.3) is 15.9 Å². The number of carbonyl (C=O) groups is 1. The van der Waals surface area contributed by atoms with Gasteiger partial charge in [0.05, 0.1) is 11.2 Å². The molecule has 0 radical (unpaired) electrons. The highest BCUT2D eigenvalue weighted by atomic mass is 35.5. The molecule has 0 aliphatic carbocycles. The summed E-state index contributed by atoms with van der Waals surface area (Å²) in [6, 6.07) is 23.0. The Kier molecular flexibility index (Phi) is 6.67. The highest BCUT2D eigenvalue weighted by Gasteiger charge is 2.19. The van der Waals surface area contributed by atoms with Crippen LogP contribution in [0.1, 0.15) is 16.1 Å². The molecule has 0 atom stereocenters. The van der Waals surface area contributed by atoms with E-state index in [2.05, 4.69) is 10.0 Å². The van der Waals surface area contributed by atoms with Gasteiger partial charge in [0, 0.05) is 22.0 Å². The van der Waals surface area contributed by atoms with Crippen LogP contribution in [0.4, 0.5) is 11.4 Å². The number of hydrogen-bond donors (Lipinski definition) is 2. The molecule has 0 aliphatic heterocycles. The maximum absolute atomic E-state index is 12.8. The summed E-state index contributed by atoms with van der Waals surface area (Å²) < 4.78 is 39.0. The third kappa shape index (κ3) is 5.74. The van der Waals surface area contributed by atoms with Crippen LogP contribution in [-0.2, 0) is 16.6 Å². The molecule has 0 saturated heterocycles. The van der Waals surface area contributed by atoms with E-state index in [4.69, 9.17) is 20.8 Å². The molecule has 2 N–H and O–H groups in total. The van der Waals surface area contributed by atoms with E-state index < -0.39 is 15.9 Å². The first-order valence-electron chi connectivity index (χ1n) is 9.85. The van der Waals surface area contributed by atoms with Crippen LogP contribution in [0.25, 0.3) is 0 Å². The summed E-state index contributed by atoms with van der Waals surface area (Å²) in [7, 11) is -3.87. The fourth-order valence-electron chi connectivity index (χ4n) is 2.99. The van der Waals surface area contributed by atoms with Gasteiger partial charge >= 0.3 is 0 Å². The van der Waals surface area contributed by atoms with E-state index in [0.717, 1.165) is 0 Å². The summed E-state index contributed by atoms with van der Waals surface area (Å²) >= 11 is 5.84. The van der Waals surface area contributed by atoms with Crippen LogP contribution in [0.2, 0.25) is 5.02 Å². The van der Waals surface area contributed by atoms with E-state index in [9.17, 15) is 13.2 Å². The van der Waals surface area contributed by atoms with Crippen molar-refractivity contribution in [1.82, 2.24) is 0 Å². The fourth-order valence-corrected chi connectivity index (χ4v) is 4.22. The van der Waals surface area contributed by atoms with E-state index in [1.54, 1.807) is 36.4 Å². The first-order valence-corrected chi connectivity index (χ1v) is 11.7. The van der Waals surface area contributed by atoms with Crippen LogP contribution in [-0.4, -0.2) is 14.3 Å². The molecular formula is C24H19ClN2O5S. The van der Waals surface area contributed by atoms with Gasteiger partial charge in [0.15, 0.2) is 5.76 Å². The number of anilines is 2. The predicted octanol–water partition coefficient (Wildman–Crippen LogP) is 5.57. The third-order valence-corrected chi connectivity index (χ3v) is 6.22. The normalized spacial score (nSPS) is 11.1.